The van der Waals surface area contributed by atoms with Gasteiger partial charge in [-0.25, -0.2) is 4.79 Å². The zero-order chi connectivity index (χ0) is 13.1. The number of aromatic amines is 1. The molecule has 0 atom stereocenters. The van der Waals surface area contributed by atoms with E-state index < -0.39 is 6.03 Å². The Hall–Kier alpha value is -1.72. The number of carbonyl (C=O) groups is 1. The molecule has 0 bridgehead atoms. The normalized spacial score (nSPS) is 10.2. The molecule has 1 heterocycles. The van der Waals surface area contributed by atoms with E-state index in [-0.39, 0.29) is 0 Å². The molecule has 1 aromatic carbocycles. The molecule has 18 heavy (non-hydrogen) atoms. The van der Waals surface area contributed by atoms with Gasteiger partial charge in [0.15, 0.2) is 0 Å². The number of H-pyrrole nitrogens is 1. The van der Waals surface area contributed by atoms with Crippen LogP contribution in [-0.4, -0.2) is 16.2 Å². The quantitative estimate of drug-likeness (QED) is 0.787. The van der Waals surface area contributed by atoms with Gasteiger partial charge in [0.05, 0.1) is 16.9 Å². The van der Waals surface area contributed by atoms with Gasteiger partial charge in [0.2, 0.25) is 0 Å². The van der Waals surface area contributed by atoms with Gasteiger partial charge in [-0.2, -0.15) is 5.10 Å². The van der Waals surface area contributed by atoms with Crippen LogP contribution in [0.1, 0.15) is 5.56 Å². The van der Waals surface area contributed by atoms with Crippen LogP contribution in [0.3, 0.4) is 0 Å². The SMILES string of the molecule is Cc1cn[nH]c1NC(=O)Nc1cc(Cl)ccc1Cl. The standard InChI is InChI=1S/C11H10Cl2N4O/c1-6-5-14-17-10(6)16-11(18)15-9-4-7(12)2-3-8(9)13/h2-5H,1H3,(H3,14,15,16,17,18). The first-order valence-electron chi connectivity index (χ1n) is 5.09. The number of aromatic nitrogens is 2. The van der Waals surface area contributed by atoms with Crippen LogP contribution in [0.2, 0.25) is 10.0 Å². The van der Waals surface area contributed by atoms with Crippen molar-refractivity contribution in [3.8, 4) is 0 Å². The second-order valence-electron chi connectivity index (χ2n) is 3.63. The van der Waals surface area contributed by atoms with Gasteiger partial charge in [-0.1, -0.05) is 23.2 Å². The van der Waals surface area contributed by atoms with Gasteiger partial charge in [-0.3, -0.25) is 10.4 Å². The van der Waals surface area contributed by atoms with Crippen LogP contribution in [0, 0.1) is 6.92 Å². The maximum absolute atomic E-state index is 11.7. The Balaban J connectivity index is 2.08. The van der Waals surface area contributed by atoms with Crippen molar-refractivity contribution in [2.45, 2.75) is 6.92 Å². The maximum Gasteiger partial charge on any atom is 0.324 e. The Morgan fingerprint density at radius 2 is 2.11 bits per heavy atom. The van der Waals surface area contributed by atoms with Gasteiger partial charge in [-0.05, 0) is 25.1 Å². The smallest absolute Gasteiger partial charge is 0.306 e. The fraction of sp³-hybridized carbons (Fsp3) is 0.0909. The molecule has 0 aliphatic carbocycles. The first-order chi connectivity index (χ1) is 8.56. The lowest BCUT2D eigenvalue weighted by Crippen LogP contribution is -2.20. The molecule has 0 aliphatic heterocycles. The summed E-state index contributed by atoms with van der Waals surface area (Å²) < 4.78 is 0. The lowest BCUT2D eigenvalue weighted by Gasteiger charge is -2.08. The Morgan fingerprint density at radius 1 is 1.33 bits per heavy atom. The number of hydrogen-bond donors (Lipinski definition) is 3. The summed E-state index contributed by atoms with van der Waals surface area (Å²) >= 11 is 11.8. The van der Waals surface area contributed by atoms with E-state index in [1.807, 2.05) is 6.92 Å². The van der Waals surface area contributed by atoms with Crippen molar-refractivity contribution < 1.29 is 4.79 Å². The summed E-state index contributed by atoms with van der Waals surface area (Å²) in [6.45, 7) is 1.82. The number of anilines is 2. The average molecular weight is 285 g/mol. The second kappa shape index (κ2) is 5.29. The number of urea groups is 1. The Labute approximate surface area is 113 Å². The number of aryl methyl sites for hydroxylation is 1. The summed E-state index contributed by atoms with van der Waals surface area (Å²) in [6, 6.07) is 4.41. The zero-order valence-electron chi connectivity index (χ0n) is 9.42. The molecular formula is C11H10Cl2N4O. The van der Waals surface area contributed by atoms with Crippen LogP contribution in [-0.2, 0) is 0 Å². The minimum Gasteiger partial charge on any atom is -0.306 e. The minimum atomic E-state index is -0.425. The fourth-order valence-corrected chi connectivity index (χ4v) is 1.67. The summed E-state index contributed by atoms with van der Waals surface area (Å²) in [4.78, 5) is 11.7. The second-order valence-corrected chi connectivity index (χ2v) is 4.47. The number of hydrogen-bond acceptors (Lipinski definition) is 2. The molecule has 3 N–H and O–H groups in total. The highest BCUT2D eigenvalue weighted by Crippen LogP contribution is 2.25. The highest BCUT2D eigenvalue weighted by molar-refractivity contribution is 6.35. The molecule has 0 saturated heterocycles. The van der Waals surface area contributed by atoms with Crippen LogP contribution >= 0.6 is 23.2 Å². The molecule has 0 unspecified atom stereocenters. The van der Waals surface area contributed by atoms with Crippen LogP contribution in [0.4, 0.5) is 16.3 Å². The van der Waals surface area contributed by atoms with E-state index in [4.69, 9.17) is 23.2 Å². The van der Waals surface area contributed by atoms with Gasteiger partial charge in [0, 0.05) is 10.6 Å². The summed E-state index contributed by atoms with van der Waals surface area (Å²) in [6.07, 6.45) is 1.61. The lowest BCUT2D eigenvalue weighted by molar-refractivity contribution is 0.262. The Bertz CT molecular complexity index is 582. The number of nitrogens with zero attached hydrogens (tertiary/aromatic N) is 1. The van der Waals surface area contributed by atoms with Crippen molar-refractivity contribution >= 4 is 40.7 Å². The van der Waals surface area contributed by atoms with Gasteiger partial charge in [0.1, 0.15) is 5.82 Å². The van der Waals surface area contributed by atoms with Gasteiger partial charge < -0.3 is 5.32 Å². The van der Waals surface area contributed by atoms with E-state index in [1.54, 1.807) is 24.4 Å². The van der Waals surface area contributed by atoms with Crippen molar-refractivity contribution in [1.82, 2.24) is 10.2 Å². The Kier molecular flexibility index (Phi) is 3.74. The molecule has 0 fully saturated rings. The third-order valence-corrected chi connectivity index (χ3v) is 2.81. The Morgan fingerprint density at radius 3 is 2.78 bits per heavy atom. The molecule has 1 aromatic heterocycles. The molecule has 0 saturated carbocycles. The minimum absolute atomic E-state index is 0.413. The molecule has 94 valence electrons. The summed E-state index contributed by atoms with van der Waals surface area (Å²) in [7, 11) is 0. The largest absolute Gasteiger partial charge is 0.324 e. The third-order valence-electron chi connectivity index (χ3n) is 2.24. The third kappa shape index (κ3) is 2.94. The number of nitrogens with one attached hydrogen (secondary N) is 3. The monoisotopic (exact) mass is 284 g/mol. The van der Waals surface area contributed by atoms with E-state index in [9.17, 15) is 4.79 Å². The predicted octanol–water partition coefficient (Wildman–Crippen LogP) is 3.67. The highest BCUT2D eigenvalue weighted by Gasteiger charge is 2.08. The van der Waals surface area contributed by atoms with E-state index in [2.05, 4.69) is 20.8 Å². The van der Waals surface area contributed by atoms with Crippen molar-refractivity contribution in [3.05, 3.63) is 40.0 Å². The molecule has 2 aromatic rings. The highest BCUT2D eigenvalue weighted by atomic mass is 35.5. The van der Waals surface area contributed by atoms with Gasteiger partial charge in [-0.15, -0.1) is 0 Å². The number of amides is 2. The molecular weight excluding hydrogens is 275 g/mol. The van der Waals surface area contributed by atoms with Crippen molar-refractivity contribution in [2.24, 2.45) is 0 Å². The first kappa shape index (κ1) is 12.7. The first-order valence-corrected chi connectivity index (χ1v) is 5.85. The maximum atomic E-state index is 11.7. The fourth-order valence-electron chi connectivity index (χ4n) is 1.33. The molecule has 2 amide bonds. The van der Waals surface area contributed by atoms with Crippen LogP contribution in [0.25, 0.3) is 0 Å². The average Bonchev–Trinajstić information content (AvgIpc) is 2.70. The number of halogens is 2. The topological polar surface area (TPSA) is 69.8 Å². The van der Waals surface area contributed by atoms with E-state index in [1.165, 1.54) is 0 Å². The lowest BCUT2D eigenvalue weighted by atomic mass is 10.3. The molecule has 5 nitrogen and oxygen atoms in total. The molecule has 0 aliphatic rings. The number of rotatable bonds is 2. The van der Waals surface area contributed by atoms with Crippen LogP contribution in [0.5, 0.6) is 0 Å². The molecule has 0 radical (unpaired) electrons. The molecule has 7 heteroatoms. The summed E-state index contributed by atoms with van der Waals surface area (Å²) in [5, 5.41) is 12.6. The predicted molar refractivity (Wildman–Crippen MR) is 72.4 cm³/mol. The van der Waals surface area contributed by atoms with E-state index in [0.717, 1.165) is 5.56 Å². The van der Waals surface area contributed by atoms with Crippen molar-refractivity contribution in [1.29, 1.82) is 0 Å². The van der Waals surface area contributed by atoms with Gasteiger partial charge >= 0.3 is 6.03 Å². The van der Waals surface area contributed by atoms with Crippen molar-refractivity contribution in [2.75, 3.05) is 10.6 Å². The summed E-state index contributed by atoms with van der Waals surface area (Å²) in [5.41, 5.74) is 1.28. The zero-order valence-corrected chi connectivity index (χ0v) is 10.9. The van der Waals surface area contributed by atoms with Crippen molar-refractivity contribution in [3.63, 3.8) is 0 Å². The molecule has 0 spiro atoms. The van der Waals surface area contributed by atoms with Gasteiger partial charge in [0.25, 0.3) is 0 Å². The number of carbonyl (C=O) groups excluding carboxylic acids is 1. The van der Waals surface area contributed by atoms with E-state index >= 15 is 0 Å². The number of benzene rings is 1. The van der Waals surface area contributed by atoms with E-state index in [0.29, 0.717) is 21.6 Å². The van der Waals surface area contributed by atoms with Crippen LogP contribution in [0.15, 0.2) is 24.4 Å². The van der Waals surface area contributed by atoms with Crippen LogP contribution < -0.4 is 10.6 Å². The molecule has 2 rings (SSSR count). The summed E-state index contributed by atoms with van der Waals surface area (Å²) in [5.74, 6) is 0.533.